The van der Waals surface area contributed by atoms with Crippen molar-refractivity contribution in [1.29, 1.82) is 0 Å². The maximum Gasteiger partial charge on any atom is 0.0292 e. The zero-order valence-corrected chi connectivity index (χ0v) is 11.6. The lowest BCUT2D eigenvalue weighted by Gasteiger charge is -2.18. The van der Waals surface area contributed by atoms with Crippen molar-refractivity contribution in [2.24, 2.45) is 11.8 Å². The molecule has 0 saturated heterocycles. The first kappa shape index (κ1) is 12.6. The largest absolute Gasteiger partial charge is 0.310 e. The Morgan fingerprint density at radius 2 is 1.71 bits per heavy atom. The molecule has 2 atom stereocenters. The summed E-state index contributed by atoms with van der Waals surface area (Å²) in [6.07, 6.45) is 2.89. The molecule has 0 aliphatic heterocycles. The Labute approximate surface area is 106 Å². The fraction of sp³-hybridized carbons (Fsp3) is 0.625. The molecule has 0 radical (unpaired) electrons. The van der Waals surface area contributed by atoms with E-state index in [0.717, 1.165) is 18.4 Å². The van der Waals surface area contributed by atoms with E-state index in [-0.39, 0.29) is 0 Å². The van der Waals surface area contributed by atoms with Crippen molar-refractivity contribution in [3.8, 4) is 0 Å². The van der Waals surface area contributed by atoms with Crippen LogP contribution >= 0.6 is 0 Å². The predicted octanol–water partition coefficient (Wildman–Crippen LogP) is 4.00. The zero-order chi connectivity index (χ0) is 12.4. The van der Waals surface area contributed by atoms with Gasteiger partial charge in [-0.3, -0.25) is 0 Å². The molecular weight excluding hydrogens is 206 g/mol. The van der Waals surface area contributed by atoms with Gasteiger partial charge in [-0.2, -0.15) is 0 Å². The molecule has 94 valence electrons. The van der Waals surface area contributed by atoms with Crippen molar-refractivity contribution < 1.29 is 0 Å². The van der Waals surface area contributed by atoms with E-state index in [1.165, 1.54) is 29.5 Å². The van der Waals surface area contributed by atoms with Crippen LogP contribution in [0.15, 0.2) is 18.2 Å². The van der Waals surface area contributed by atoms with Crippen molar-refractivity contribution in [2.45, 2.75) is 46.6 Å². The molecule has 1 nitrogen and oxygen atoms in total. The Hall–Kier alpha value is -0.820. The van der Waals surface area contributed by atoms with Crippen molar-refractivity contribution in [2.75, 3.05) is 6.54 Å². The van der Waals surface area contributed by atoms with Crippen LogP contribution in [0.3, 0.4) is 0 Å². The van der Waals surface area contributed by atoms with Gasteiger partial charge in [0.1, 0.15) is 0 Å². The first-order valence-corrected chi connectivity index (χ1v) is 6.88. The fourth-order valence-electron chi connectivity index (χ4n) is 2.57. The van der Waals surface area contributed by atoms with Crippen LogP contribution in [-0.4, -0.2) is 6.54 Å². The van der Waals surface area contributed by atoms with Gasteiger partial charge in [-0.1, -0.05) is 36.2 Å². The molecule has 0 spiro atoms. The average molecular weight is 231 g/mol. The topological polar surface area (TPSA) is 12.0 Å². The van der Waals surface area contributed by atoms with E-state index in [9.17, 15) is 0 Å². The van der Waals surface area contributed by atoms with E-state index in [2.05, 4.69) is 51.2 Å². The van der Waals surface area contributed by atoms with Crippen LogP contribution in [0.5, 0.6) is 0 Å². The molecule has 17 heavy (non-hydrogen) atoms. The van der Waals surface area contributed by atoms with Gasteiger partial charge < -0.3 is 5.32 Å². The van der Waals surface area contributed by atoms with Gasteiger partial charge in [0.25, 0.3) is 0 Å². The highest BCUT2D eigenvalue weighted by Gasteiger charge is 2.27. The van der Waals surface area contributed by atoms with Crippen LogP contribution < -0.4 is 5.32 Å². The lowest BCUT2D eigenvalue weighted by molar-refractivity contribution is 0.432. The fourth-order valence-corrected chi connectivity index (χ4v) is 2.57. The summed E-state index contributed by atoms with van der Waals surface area (Å²) in [6.45, 7) is 10.2. The van der Waals surface area contributed by atoms with Gasteiger partial charge in [0.2, 0.25) is 0 Å². The molecule has 1 fully saturated rings. The van der Waals surface area contributed by atoms with Crippen LogP contribution in [0.1, 0.15) is 49.4 Å². The third-order valence-electron chi connectivity index (χ3n) is 3.92. The van der Waals surface area contributed by atoms with Crippen molar-refractivity contribution >= 4 is 0 Å². The van der Waals surface area contributed by atoms with Crippen LogP contribution in [0.2, 0.25) is 0 Å². The maximum absolute atomic E-state index is 3.67. The Balaban J connectivity index is 1.91. The third-order valence-corrected chi connectivity index (χ3v) is 3.92. The number of rotatable bonds is 5. The highest BCUT2D eigenvalue weighted by molar-refractivity contribution is 5.30. The number of hydrogen-bond donors (Lipinski definition) is 1. The molecule has 1 aromatic carbocycles. The first-order valence-electron chi connectivity index (χ1n) is 6.88. The maximum atomic E-state index is 3.67. The molecular formula is C16H25N. The standard InChI is InChI=1S/C16H25N/c1-11-7-12(2)9-16(8-11)14(4)17-10-13(3)15-5-6-15/h7-9,13-15,17H,5-6,10H2,1-4H3. The Morgan fingerprint density at radius 3 is 2.24 bits per heavy atom. The zero-order valence-electron chi connectivity index (χ0n) is 11.6. The molecule has 1 N–H and O–H groups in total. The first-order chi connectivity index (χ1) is 8.06. The molecule has 0 bridgehead atoms. The molecule has 0 aromatic heterocycles. The van der Waals surface area contributed by atoms with Crippen molar-refractivity contribution in [1.82, 2.24) is 5.32 Å². The highest BCUT2D eigenvalue weighted by atomic mass is 14.9. The molecule has 1 aliphatic carbocycles. The van der Waals surface area contributed by atoms with Gasteiger partial charge in [0, 0.05) is 6.04 Å². The third kappa shape index (κ3) is 3.57. The summed E-state index contributed by atoms with van der Waals surface area (Å²) in [6, 6.07) is 7.30. The second-order valence-electron chi connectivity index (χ2n) is 5.87. The van der Waals surface area contributed by atoms with Crippen molar-refractivity contribution in [3.63, 3.8) is 0 Å². The Bertz CT molecular complexity index is 359. The minimum Gasteiger partial charge on any atom is -0.310 e. The van der Waals surface area contributed by atoms with Crippen LogP contribution in [0.25, 0.3) is 0 Å². The molecule has 1 heteroatoms. The number of benzene rings is 1. The van der Waals surface area contributed by atoms with Gasteiger partial charge in [-0.25, -0.2) is 0 Å². The summed E-state index contributed by atoms with van der Waals surface area (Å²) >= 11 is 0. The summed E-state index contributed by atoms with van der Waals surface area (Å²) in [4.78, 5) is 0. The van der Waals surface area contributed by atoms with E-state index in [1.807, 2.05) is 0 Å². The monoisotopic (exact) mass is 231 g/mol. The molecule has 0 amide bonds. The number of aryl methyl sites for hydroxylation is 2. The van der Waals surface area contributed by atoms with E-state index >= 15 is 0 Å². The molecule has 1 saturated carbocycles. The molecule has 1 aromatic rings. The second-order valence-corrected chi connectivity index (χ2v) is 5.87. The van der Waals surface area contributed by atoms with E-state index < -0.39 is 0 Å². The van der Waals surface area contributed by atoms with E-state index in [1.54, 1.807) is 0 Å². The molecule has 1 aliphatic rings. The number of hydrogen-bond acceptors (Lipinski definition) is 1. The summed E-state index contributed by atoms with van der Waals surface area (Å²) in [5.41, 5.74) is 4.15. The Kier molecular flexibility index (Phi) is 3.88. The van der Waals surface area contributed by atoms with Crippen LogP contribution in [-0.2, 0) is 0 Å². The predicted molar refractivity (Wildman–Crippen MR) is 74.2 cm³/mol. The van der Waals surface area contributed by atoms with Gasteiger partial charge in [-0.15, -0.1) is 0 Å². The van der Waals surface area contributed by atoms with Crippen LogP contribution in [0.4, 0.5) is 0 Å². The number of nitrogens with one attached hydrogen (secondary N) is 1. The molecule has 2 rings (SSSR count). The second kappa shape index (κ2) is 5.22. The minimum absolute atomic E-state index is 0.467. The van der Waals surface area contributed by atoms with Gasteiger partial charge >= 0.3 is 0 Å². The summed E-state index contributed by atoms with van der Waals surface area (Å²) in [7, 11) is 0. The summed E-state index contributed by atoms with van der Waals surface area (Å²) in [5.74, 6) is 1.83. The quantitative estimate of drug-likeness (QED) is 0.807. The van der Waals surface area contributed by atoms with E-state index in [4.69, 9.17) is 0 Å². The van der Waals surface area contributed by atoms with Crippen LogP contribution in [0, 0.1) is 25.7 Å². The SMILES string of the molecule is Cc1cc(C)cc(C(C)NCC(C)C2CC2)c1. The Morgan fingerprint density at radius 1 is 1.12 bits per heavy atom. The average Bonchev–Trinajstić information content (AvgIpc) is 3.07. The van der Waals surface area contributed by atoms with Gasteiger partial charge in [0.15, 0.2) is 0 Å². The molecule has 2 unspecified atom stereocenters. The van der Waals surface area contributed by atoms with Gasteiger partial charge in [0.05, 0.1) is 0 Å². The lowest BCUT2D eigenvalue weighted by Crippen LogP contribution is -2.25. The van der Waals surface area contributed by atoms with Crippen molar-refractivity contribution in [3.05, 3.63) is 34.9 Å². The van der Waals surface area contributed by atoms with E-state index in [0.29, 0.717) is 6.04 Å². The highest BCUT2D eigenvalue weighted by Crippen LogP contribution is 2.36. The smallest absolute Gasteiger partial charge is 0.0292 e. The lowest BCUT2D eigenvalue weighted by atomic mass is 10.0. The normalized spacial score (nSPS) is 19.1. The molecule has 0 heterocycles. The summed E-state index contributed by atoms with van der Waals surface area (Å²) < 4.78 is 0. The summed E-state index contributed by atoms with van der Waals surface area (Å²) in [5, 5.41) is 3.67. The van der Waals surface area contributed by atoms with Gasteiger partial charge in [-0.05, 0) is 57.6 Å². The minimum atomic E-state index is 0.467.